The van der Waals surface area contributed by atoms with Crippen LogP contribution in [0.4, 0.5) is 0 Å². The van der Waals surface area contributed by atoms with E-state index in [4.69, 9.17) is 11.5 Å². The van der Waals surface area contributed by atoms with Gasteiger partial charge in [-0.1, -0.05) is 0 Å². The van der Waals surface area contributed by atoms with Crippen LogP contribution in [-0.2, 0) is 21.1 Å². The Hall–Kier alpha value is 0.528. The molecule has 0 spiro atoms. The second-order valence-corrected chi connectivity index (χ2v) is 5.73. The Morgan fingerprint density at radius 3 is 0.588 bits per heavy atom. The van der Waals surface area contributed by atoms with Crippen molar-refractivity contribution in [3.8, 4) is 0 Å². The van der Waals surface area contributed by atoms with Gasteiger partial charge in [0.1, 0.15) is 0 Å². The fourth-order valence-corrected chi connectivity index (χ4v) is 0. The molecule has 0 aliphatic carbocycles. The molecule has 0 bridgehead atoms. The SMILES string of the molecule is CC(C)(C)N.CC(C)(C)N.CNC.CNC.[W]. The minimum absolute atomic E-state index is 0. The zero-order valence-electron chi connectivity index (χ0n) is 13.6. The predicted octanol–water partition coefficient (Wildman–Crippen LogP) is 1.16. The average Bonchev–Trinajstić information content (AvgIpc) is 1.79. The first-order valence-corrected chi connectivity index (χ1v) is 5.58. The number of hydrogen-bond acceptors (Lipinski definition) is 4. The Bertz CT molecular complexity index is 80.1. The third kappa shape index (κ3) is 12500. The average molecular weight is 420 g/mol. The molecule has 110 valence electrons. The summed E-state index contributed by atoms with van der Waals surface area (Å²) in [6, 6.07) is 0. The number of nitrogens with one attached hydrogen (secondary N) is 2. The Morgan fingerprint density at radius 2 is 0.588 bits per heavy atom. The maximum atomic E-state index is 5.35. The van der Waals surface area contributed by atoms with Crippen LogP contribution in [0, 0.1) is 0 Å². The summed E-state index contributed by atoms with van der Waals surface area (Å²) in [6.45, 7) is 11.8. The summed E-state index contributed by atoms with van der Waals surface area (Å²) in [5, 5.41) is 5.50. The van der Waals surface area contributed by atoms with Crippen molar-refractivity contribution >= 4 is 0 Å². The number of hydrogen-bond donors (Lipinski definition) is 4. The van der Waals surface area contributed by atoms with Crippen LogP contribution in [-0.4, -0.2) is 39.3 Å². The molecule has 0 heterocycles. The molecule has 0 saturated carbocycles. The zero-order chi connectivity index (χ0) is 14.4. The molecule has 17 heavy (non-hydrogen) atoms. The van der Waals surface area contributed by atoms with Gasteiger partial charge in [0.2, 0.25) is 0 Å². The van der Waals surface area contributed by atoms with E-state index in [0.29, 0.717) is 0 Å². The molecule has 4 nitrogen and oxygen atoms in total. The van der Waals surface area contributed by atoms with Gasteiger partial charge in [0.15, 0.2) is 0 Å². The van der Waals surface area contributed by atoms with Crippen molar-refractivity contribution in [3.05, 3.63) is 0 Å². The van der Waals surface area contributed by atoms with Gasteiger partial charge in [-0.2, -0.15) is 0 Å². The molecule has 0 saturated heterocycles. The Morgan fingerprint density at radius 1 is 0.588 bits per heavy atom. The fraction of sp³-hybridized carbons (Fsp3) is 1.00. The van der Waals surface area contributed by atoms with E-state index >= 15 is 0 Å². The smallest absolute Gasteiger partial charge is 0.00686 e. The quantitative estimate of drug-likeness (QED) is 0.475. The summed E-state index contributed by atoms with van der Waals surface area (Å²) in [5.41, 5.74) is 10.7. The molecular formula is C12H36N4W. The fourth-order valence-electron chi connectivity index (χ4n) is 0. The van der Waals surface area contributed by atoms with Crippen LogP contribution in [0.2, 0.25) is 0 Å². The second kappa shape index (κ2) is 18.9. The summed E-state index contributed by atoms with van der Waals surface area (Å²) >= 11 is 0. The monoisotopic (exact) mass is 420 g/mol. The summed E-state index contributed by atoms with van der Waals surface area (Å²) < 4.78 is 0. The van der Waals surface area contributed by atoms with Crippen LogP contribution < -0.4 is 22.1 Å². The van der Waals surface area contributed by atoms with E-state index in [2.05, 4.69) is 10.6 Å². The van der Waals surface area contributed by atoms with E-state index in [1.165, 1.54) is 0 Å². The van der Waals surface area contributed by atoms with Crippen molar-refractivity contribution in [2.75, 3.05) is 28.2 Å². The standard InChI is InChI=1S/2C4H11N.2C2H7N.W/c2*1-4(2,3)5;2*1-3-2;/h2*5H2,1-3H3;2*3H,1-2H3;. The van der Waals surface area contributed by atoms with Crippen molar-refractivity contribution in [1.29, 1.82) is 0 Å². The van der Waals surface area contributed by atoms with Gasteiger partial charge in [0, 0.05) is 32.1 Å². The maximum absolute atomic E-state index is 5.35. The zero-order valence-corrected chi connectivity index (χ0v) is 16.5. The first-order chi connectivity index (χ1) is 6.83. The summed E-state index contributed by atoms with van der Waals surface area (Å²) in [7, 11) is 7.50. The normalized spacial score (nSPS) is 9.18. The predicted molar refractivity (Wildman–Crippen MR) is 77.8 cm³/mol. The van der Waals surface area contributed by atoms with E-state index in [1.54, 1.807) is 0 Å². The second-order valence-electron chi connectivity index (χ2n) is 5.73. The van der Waals surface area contributed by atoms with Crippen LogP contribution in [0.5, 0.6) is 0 Å². The molecule has 0 fully saturated rings. The van der Waals surface area contributed by atoms with E-state index in [0.717, 1.165) is 0 Å². The van der Waals surface area contributed by atoms with Gasteiger partial charge in [-0.05, 0) is 69.7 Å². The van der Waals surface area contributed by atoms with Crippen LogP contribution in [0.25, 0.3) is 0 Å². The Labute approximate surface area is 124 Å². The van der Waals surface area contributed by atoms with Crippen LogP contribution in [0.1, 0.15) is 41.5 Å². The molecule has 0 atom stereocenters. The summed E-state index contributed by atoms with van der Waals surface area (Å²) in [5.74, 6) is 0. The molecular weight excluding hydrogens is 384 g/mol. The van der Waals surface area contributed by atoms with Gasteiger partial charge < -0.3 is 22.1 Å². The molecule has 0 aliphatic rings. The Balaban J connectivity index is -0.0000000381. The topological polar surface area (TPSA) is 76.1 Å². The summed E-state index contributed by atoms with van der Waals surface area (Å²) in [6.07, 6.45) is 0. The van der Waals surface area contributed by atoms with Crippen LogP contribution in [0.3, 0.4) is 0 Å². The van der Waals surface area contributed by atoms with E-state index < -0.39 is 0 Å². The maximum Gasteiger partial charge on any atom is 0.00686 e. The number of nitrogens with two attached hydrogens (primary N) is 2. The van der Waals surface area contributed by atoms with Crippen molar-refractivity contribution < 1.29 is 21.1 Å². The largest absolute Gasteiger partial charge is 0.326 e. The minimum Gasteiger partial charge on any atom is -0.326 e. The third-order valence-corrected chi connectivity index (χ3v) is 0. The van der Waals surface area contributed by atoms with Crippen molar-refractivity contribution in [2.45, 2.75) is 52.6 Å². The first kappa shape index (κ1) is 30.5. The molecule has 6 N–H and O–H groups in total. The summed E-state index contributed by atoms with van der Waals surface area (Å²) in [4.78, 5) is 0. The van der Waals surface area contributed by atoms with Crippen molar-refractivity contribution in [3.63, 3.8) is 0 Å². The molecule has 5 heteroatoms. The van der Waals surface area contributed by atoms with E-state index in [-0.39, 0.29) is 32.1 Å². The van der Waals surface area contributed by atoms with E-state index in [9.17, 15) is 0 Å². The van der Waals surface area contributed by atoms with Gasteiger partial charge in [-0.15, -0.1) is 0 Å². The minimum atomic E-state index is 0. The molecule has 0 aliphatic heterocycles. The van der Waals surface area contributed by atoms with Gasteiger partial charge in [-0.25, -0.2) is 0 Å². The van der Waals surface area contributed by atoms with Gasteiger partial charge >= 0.3 is 0 Å². The van der Waals surface area contributed by atoms with Crippen molar-refractivity contribution in [1.82, 2.24) is 10.6 Å². The van der Waals surface area contributed by atoms with Gasteiger partial charge in [0.05, 0.1) is 0 Å². The van der Waals surface area contributed by atoms with Crippen LogP contribution in [0.15, 0.2) is 0 Å². The molecule has 0 aromatic rings. The molecule has 0 aromatic carbocycles. The molecule has 0 unspecified atom stereocenters. The van der Waals surface area contributed by atoms with Gasteiger partial charge in [-0.3, -0.25) is 0 Å². The first-order valence-electron chi connectivity index (χ1n) is 5.58. The third-order valence-electron chi connectivity index (χ3n) is 0. The Kier molecular flexibility index (Phi) is 33.9. The van der Waals surface area contributed by atoms with Crippen molar-refractivity contribution in [2.24, 2.45) is 11.5 Å². The van der Waals surface area contributed by atoms with Gasteiger partial charge in [0.25, 0.3) is 0 Å². The van der Waals surface area contributed by atoms with Crippen LogP contribution >= 0.6 is 0 Å². The molecule has 0 rings (SSSR count). The molecule has 0 radical (unpaired) electrons. The molecule has 0 amide bonds. The number of rotatable bonds is 0. The van der Waals surface area contributed by atoms with E-state index in [1.807, 2.05) is 69.7 Å². The molecule has 0 aromatic heterocycles.